The molecule has 0 spiro atoms. The van der Waals surface area contributed by atoms with Gasteiger partial charge in [-0.1, -0.05) is 48.4 Å². The molecule has 0 radical (unpaired) electrons. The highest BCUT2D eigenvalue weighted by Gasteiger charge is 2.30. The van der Waals surface area contributed by atoms with Gasteiger partial charge in [0, 0.05) is 6.42 Å². The first-order valence-corrected chi connectivity index (χ1v) is 10.5. The van der Waals surface area contributed by atoms with Crippen LogP contribution in [-0.4, -0.2) is 30.6 Å². The summed E-state index contributed by atoms with van der Waals surface area (Å²) < 4.78 is 14.2. The number of pyridine rings is 1. The molecule has 8 heteroatoms. The molecule has 0 saturated carbocycles. The Morgan fingerprint density at radius 2 is 1.84 bits per heavy atom. The SMILES string of the molecule is O=C(O)c1ccc(CN2C(=O)Nc3cnc(C#CCc4ccccc4)cc3S2=O)cc1. The normalized spacial score (nSPS) is 14.8. The molecular formula is C23H17N3O4S. The number of carbonyl (C=O) groups excluding carboxylic acids is 1. The van der Waals surface area contributed by atoms with Crippen molar-refractivity contribution in [3.63, 3.8) is 0 Å². The first-order chi connectivity index (χ1) is 15.0. The van der Waals surface area contributed by atoms with E-state index >= 15 is 0 Å². The van der Waals surface area contributed by atoms with Crippen LogP contribution in [-0.2, 0) is 24.0 Å². The van der Waals surface area contributed by atoms with Gasteiger partial charge in [0.15, 0.2) is 11.0 Å². The third-order valence-electron chi connectivity index (χ3n) is 4.60. The Labute approximate surface area is 181 Å². The molecule has 7 nitrogen and oxygen atoms in total. The van der Waals surface area contributed by atoms with Crippen LogP contribution in [0.2, 0.25) is 0 Å². The van der Waals surface area contributed by atoms with Gasteiger partial charge in [-0.2, -0.15) is 0 Å². The molecule has 4 rings (SSSR count). The van der Waals surface area contributed by atoms with Crippen molar-refractivity contribution in [3.05, 3.63) is 89.2 Å². The largest absolute Gasteiger partial charge is 0.478 e. The van der Waals surface area contributed by atoms with Crippen molar-refractivity contribution in [2.75, 3.05) is 5.32 Å². The fourth-order valence-corrected chi connectivity index (χ4v) is 4.20. The van der Waals surface area contributed by atoms with E-state index in [4.69, 9.17) is 5.11 Å². The minimum absolute atomic E-state index is 0.0646. The number of nitrogens with zero attached hydrogens (tertiary/aromatic N) is 2. The zero-order valence-corrected chi connectivity index (χ0v) is 17.1. The van der Waals surface area contributed by atoms with Crippen LogP contribution >= 0.6 is 0 Å². The van der Waals surface area contributed by atoms with Gasteiger partial charge in [-0.05, 0) is 35.2 Å². The van der Waals surface area contributed by atoms with Gasteiger partial charge in [0.1, 0.15) is 5.69 Å². The van der Waals surface area contributed by atoms with Crippen molar-refractivity contribution in [3.8, 4) is 11.8 Å². The van der Waals surface area contributed by atoms with Gasteiger partial charge in [-0.3, -0.25) is 0 Å². The van der Waals surface area contributed by atoms with Gasteiger partial charge in [0.25, 0.3) is 0 Å². The Kier molecular flexibility index (Phi) is 5.78. The van der Waals surface area contributed by atoms with E-state index in [9.17, 15) is 13.8 Å². The highest BCUT2D eigenvalue weighted by molar-refractivity contribution is 7.83. The van der Waals surface area contributed by atoms with E-state index in [-0.39, 0.29) is 12.1 Å². The zero-order valence-electron chi connectivity index (χ0n) is 16.2. The number of amides is 2. The van der Waals surface area contributed by atoms with Crippen LogP contribution in [0.4, 0.5) is 10.5 Å². The summed E-state index contributed by atoms with van der Waals surface area (Å²) in [6.45, 7) is 0.0646. The first kappa shape index (κ1) is 20.3. The predicted octanol–water partition coefficient (Wildman–Crippen LogP) is 3.44. The van der Waals surface area contributed by atoms with E-state index < -0.39 is 23.0 Å². The quantitative estimate of drug-likeness (QED) is 0.617. The van der Waals surface area contributed by atoms with Crippen molar-refractivity contribution in [1.82, 2.24) is 9.29 Å². The van der Waals surface area contributed by atoms with E-state index in [0.717, 1.165) is 5.56 Å². The highest BCUT2D eigenvalue weighted by Crippen LogP contribution is 2.28. The third kappa shape index (κ3) is 4.63. The number of carbonyl (C=O) groups is 2. The number of rotatable bonds is 4. The average molecular weight is 431 g/mol. The van der Waals surface area contributed by atoms with Crippen LogP contribution in [0.15, 0.2) is 71.8 Å². The number of urea groups is 1. The molecular weight excluding hydrogens is 414 g/mol. The van der Waals surface area contributed by atoms with Crippen LogP contribution < -0.4 is 5.32 Å². The first-order valence-electron chi connectivity index (χ1n) is 9.37. The molecule has 0 bridgehead atoms. The van der Waals surface area contributed by atoms with Gasteiger partial charge >= 0.3 is 12.0 Å². The molecule has 2 heterocycles. The minimum Gasteiger partial charge on any atom is -0.478 e. The highest BCUT2D eigenvalue weighted by atomic mass is 32.2. The Morgan fingerprint density at radius 1 is 1.10 bits per heavy atom. The van der Waals surface area contributed by atoms with Crippen molar-refractivity contribution < 1.29 is 18.9 Å². The summed E-state index contributed by atoms with van der Waals surface area (Å²) in [5.41, 5.74) is 2.74. The Bertz CT molecular complexity index is 1230. The van der Waals surface area contributed by atoms with Gasteiger partial charge < -0.3 is 10.4 Å². The van der Waals surface area contributed by atoms with E-state index in [2.05, 4.69) is 22.1 Å². The molecule has 0 saturated heterocycles. The van der Waals surface area contributed by atoms with Gasteiger partial charge in [-0.15, -0.1) is 0 Å². The minimum atomic E-state index is -1.75. The molecule has 2 aromatic carbocycles. The molecule has 3 aromatic rings. The van der Waals surface area contributed by atoms with Crippen LogP contribution in [0.5, 0.6) is 0 Å². The lowest BCUT2D eigenvalue weighted by Gasteiger charge is -2.27. The molecule has 1 unspecified atom stereocenters. The standard InChI is InChI=1S/C23H17N3O4S/c27-22(28)18-11-9-17(10-12-18)15-26-23(29)25-20-14-24-19(13-21(20)31(26)30)8-4-7-16-5-2-1-3-6-16/h1-3,5-6,9-14H,7,15H2,(H,25,29)(H,27,28). The second kappa shape index (κ2) is 8.81. The predicted molar refractivity (Wildman–Crippen MR) is 116 cm³/mol. The second-order valence-corrected chi connectivity index (χ2v) is 8.13. The van der Waals surface area contributed by atoms with Crippen molar-refractivity contribution in [2.45, 2.75) is 17.9 Å². The number of carboxylic acid groups (broad SMARTS) is 1. The second-order valence-electron chi connectivity index (χ2n) is 6.75. The van der Waals surface area contributed by atoms with Crippen molar-refractivity contribution >= 4 is 28.7 Å². The average Bonchev–Trinajstić information content (AvgIpc) is 2.78. The third-order valence-corrected chi connectivity index (χ3v) is 6.01. The molecule has 0 aliphatic carbocycles. The summed E-state index contributed by atoms with van der Waals surface area (Å²) in [7, 11) is -1.75. The number of anilines is 1. The molecule has 1 aliphatic rings. The molecule has 31 heavy (non-hydrogen) atoms. The molecule has 0 fully saturated rings. The number of aromatic nitrogens is 1. The van der Waals surface area contributed by atoms with Crippen molar-refractivity contribution in [2.24, 2.45) is 0 Å². The van der Waals surface area contributed by atoms with E-state index in [1.165, 1.54) is 22.6 Å². The van der Waals surface area contributed by atoms with Crippen LogP contribution in [0, 0.1) is 11.8 Å². The molecule has 154 valence electrons. The maximum Gasteiger partial charge on any atom is 0.335 e. The van der Waals surface area contributed by atoms with Gasteiger partial charge in [0.05, 0.1) is 28.9 Å². The summed E-state index contributed by atoms with van der Waals surface area (Å²) in [6, 6.07) is 17.0. The Morgan fingerprint density at radius 3 is 2.55 bits per heavy atom. The zero-order chi connectivity index (χ0) is 21.8. The number of hydrogen-bond donors (Lipinski definition) is 2. The number of aromatic carboxylic acids is 1. The smallest absolute Gasteiger partial charge is 0.335 e. The van der Waals surface area contributed by atoms with Crippen LogP contribution in [0.3, 0.4) is 0 Å². The maximum atomic E-state index is 13.1. The topological polar surface area (TPSA) is 99.6 Å². The monoisotopic (exact) mass is 431 g/mol. The van der Waals surface area contributed by atoms with Crippen LogP contribution in [0.1, 0.15) is 27.2 Å². The lowest BCUT2D eigenvalue weighted by molar-refractivity contribution is 0.0697. The van der Waals surface area contributed by atoms with Gasteiger partial charge in [0.2, 0.25) is 0 Å². The van der Waals surface area contributed by atoms with E-state index in [1.54, 1.807) is 18.2 Å². The van der Waals surface area contributed by atoms with Crippen LogP contribution in [0.25, 0.3) is 0 Å². The number of fused-ring (bicyclic) bond motifs is 1. The fraction of sp³-hybridized carbons (Fsp3) is 0.0870. The molecule has 2 N–H and O–H groups in total. The molecule has 1 aromatic heterocycles. The Hall–Kier alpha value is -3.96. The van der Waals surface area contributed by atoms with Gasteiger partial charge in [-0.25, -0.2) is 23.1 Å². The molecule has 1 aliphatic heterocycles. The lowest BCUT2D eigenvalue weighted by atomic mass is 10.1. The molecule has 1 atom stereocenters. The Balaban J connectivity index is 1.53. The summed E-state index contributed by atoms with van der Waals surface area (Å²) in [5, 5.41) is 11.7. The number of nitrogens with one attached hydrogen (secondary N) is 1. The summed E-state index contributed by atoms with van der Waals surface area (Å²) in [4.78, 5) is 28.1. The number of carboxylic acids is 1. The van der Waals surface area contributed by atoms with Crippen molar-refractivity contribution in [1.29, 1.82) is 0 Å². The lowest BCUT2D eigenvalue weighted by Crippen LogP contribution is -2.40. The number of hydrogen-bond acceptors (Lipinski definition) is 4. The summed E-state index contributed by atoms with van der Waals surface area (Å²) in [6.07, 6.45) is 2.02. The van der Waals surface area contributed by atoms with E-state index in [1.807, 2.05) is 30.3 Å². The summed E-state index contributed by atoms with van der Waals surface area (Å²) >= 11 is 0. The number of benzene rings is 2. The fourth-order valence-electron chi connectivity index (χ4n) is 3.00. The summed E-state index contributed by atoms with van der Waals surface area (Å²) in [5.74, 6) is 4.99. The molecule has 2 amide bonds. The van der Waals surface area contributed by atoms with E-state index in [0.29, 0.717) is 28.3 Å². The maximum absolute atomic E-state index is 13.1.